The lowest BCUT2D eigenvalue weighted by atomic mass is 9.95. The molecular weight excluding hydrogens is 773 g/mol. The fourth-order valence-electron chi connectivity index (χ4n) is 10.3. The molecule has 1 saturated heterocycles. The number of hydrogen-bond donors (Lipinski definition) is 4. The van der Waals surface area contributed by atoms with Crippen LogP contribution in [0, 0.1) is 16.0 Å². The molecule has 3 fully saturated rings. The SMILES string of the molecule is O=C(NC(O)[C@H]1CCN(c2cc(-c3ccc4c(c3)ncn4C3CCCCC3)c3nc[nH]c3c2[N+](=O)[O-])C1)c1cnc(-c2ccc3c(c2)ncn3C2CCCCC2)c2nc[nH]c12. The van der Waals surface area contributed by atoms with Crippen LogP contribution in [0.4, 0.5) is 11.4 Å². The number of imidazole rings is 4. The molecule has 5 aromatic heterocycles. The number of carbonyl (C=O) groups excluding carboxylic acids is 1. The molecule has 0 spiro atoms. The molecule has 0 radical (unpaired) electrons. The number of pyridine rings is 1. The summed E-state index contributed by atoms with van der Waals surface area (Å²) in [6.07, 6.45) is 19.8. The molecule has 0 bridgehead atoms. The molecule has 11 rings (SSSR count). The maximum atomic E-state index is 13.8. The van der Waals surface area contributed by atoms with E-state index in [1.165, 1.54) is 57.4 Å². The van der Waals surface area contributed by atoms with Gasteiger partial charge in [0.25, 0.3) is 5.91 Å². The van der Waals surface area contributed by atoms with E-state index < -0.39 is 18.1 Å². The largest absolute Gasteiger partial charge is 0.373 e. The Balaban J connectivity index is 0.833. The molecule has 61 heavy (non-hydrogen) atoms. The predicted molar refractivity (Wildman–Crippen MR) is 232 cm³/mol. The van der Waals surface area contributed by atoms with Crippen LogP contribution in [-0.2, 0) is 0 Å². The van der Waals surface area contributed by atoms with Gasteiger partial charge in [-0.1, -0.05) is 50.7 Å². The zero-order valence-electron chi connectivity index (χ0n) is 33.6. The van der Waals surface area contributed by atoms with Gasteiger partial charge in [-0.3, -0.25) is 19.9 Å². The Morgan fingerprint density at radius 2 is 1.39 bits per heavy atom. The van der Waals surface area contributed by atoms with Crippen molar-refractivity contribution in [3.8, 4) is 22.4 Å². The van der Waals surface area contributed by atoms with Gasteiger partial charge in [-0.25, -0.2) is 19.9 Å². The number of H-pyrrole nitrogens is 2. The highest BCUT2D eigenvalue weighted by molar-refractivity contribution is 6.07. The molecule has 1 aliphatic heterocycles. The maximum Gasteiger partial charge on any atom is 0.318 e. The average Bonchev–Trinajstić information content (AvgIpc) is 4.15. The predicted octanol–water partition coefficient (Wildman–Crippen LogP) is 8.36. The van der Waals surface area contributed by atoms with Crippen molar-refractivity contribution in [1.29, 1.82) is 0 Å². The van der Waals surface area contributed by atoms with E-state index >= 15 is 0 Å². The number of aliphatic hydroxyl groups is 1. The van der Waals surface area contributed by atoms with Crippen LogP contribution in [0.5, 0.6) is 0 Å². The minimum Gasteiger partial charge on any atom is -0.373 e. The van der Waals surface area contributed by atoms with Crippen LogP contribution in [0.15, 0.2) is 74.0 Å². The van der Waals surface area contributed by atoms with Gasteiger partial charge in [-0.05, 0) is 68.0 Å². The molecule has 16 nitrogen and oxygen atoms in total. The van der Waals surface area contributed by atoms with E-state index in [-0.39, 0.29) is 22.7 Å². The smallest absolute Gasteiger partial charge is 0.318 e. The third-order valence-corrected chi connectivity index (χ3v) is 13.5. The molecule has 310 valence electrons. The molecule has 16 heteroatoms. The van der Waals surface area contributed by atoms with Crippen molar-refractivity contribution in [2.45, 2.75) is 88.9 Å². The third-order valence-electron chi connectivity index (χ3n) is 13.5. The summed E-state index contributed by atoms with van der Waals surface area (Å²) >= 11 is 0. The summed E-state index contributed by atoms with van der Waals surface area (Å²) in [5, 5.41) is 26.9. The summed E-state index contributed by atoms with van der Waals surface area (Å²) in [6.45, 7) is 0.717. The van der Waals surface area contributed by atoms with E-state index in [0.717, 1.165) is 64.4 Å². The summed E-state index contributed by atoms with van der Waals surface area (Å²) in [7, 11) is 0. The highest BCUT2D eigenvalue weighted by Gasteiger charge is 2.35. The van der Waals surface area contributed by atoms with Crippen molar-refractivity contribution in [2.75, 3.05) is 18.0 Å². The quantitative estimate of drug-likeness (QED) is 0.0623. The van der Waals surface area contributed by atoms with Crippen molar-refractivity contribution in [3.63, 3.8) is 0 Å². The number of fused-ring (bicyclic) bond motifs is 4. The highest BCUT2D eigenvalue weighted by Crippen LogP contribution is 2.43. The minimum absolute atomic E-state index is 0.0809. The number of anilines is 1. The molecule has 1 unspecified atom stereocenters. The zero-order valence-corrected chi connectivity index (χ0v) is 33.6. The second-order valence-corrected chi connectivity index (χ2v) is 17.0. The maximum absolute atomic E-state index is 13.8. The first-order chi connectivity index (χ1) is 29.9. The highest BCUT2D eigenvalue weighted by atomic mass is 16.6. The summed E-state index contributed by atoms with van der Waals surface area (Å²) in [5.74, 6) is -0.913. The molecular formula is C45H46N12O4. The normalized spacial score (nSPS) is 18.5. The number of amides is 1. The Labute approximate surface area is 349 Å². The van der Waals surface area contributed by atoms with Crippen LogP contribution in [0.25, 0.3) is 66.5 Å². The van der Waals surface area contributed by atoms with Gasteiger partial charge in [0.05, 0.1) is 69.1 Å². The van der Waals surface area contributed by atoms with Crippen LogP contribution in [0.3, 0.4) is 0 Å². The van der Waals surface area contributed by atoms with Gasteiger partial charge in [-0.2, -0.15) is 0 Å². The second kappa shape index (κ2) is 15.1. The first-order valence-corrected chi connectivity index (χ1v) is 21.5. The van der Waals surface area contributed by atoms with E-state index in [2.05, 4.69) is 46.5 Å². The number of aromatic amines is 2. The minimum atomic E-state index is -1.23. The number of nitrogens with zero attached hydrogens (tertiary/aromatic N) is 9. The Morgan fingerprint density at radius 1 is 0.770 bits per heavy atom. The fraction of sp³-hybridized carbons (Fsp3) is 0.378. The van der Waals surface area contributed by atoms with Crippen molar-refractivity contribution in [1.82, 2.24) is 49.3 Å². The Bertz CT molecular complexity index is 2970. The Morgan fingerprint density at radius 3 is 2.07 bits per heavy atom. The van der Waals surface area contributed by atoms with Gasteiger partial charge >= 0.3 is 5.69 Å². The van der Waals surface area contributed by atoms with Crippen LogP contribution >= 0.6 is 0 Å². The molecule has 2 saturated carbocycles. The van der Waals surface area contributed by atoms with Crippen molar-refractivity contribution >= 4 is 61.4 Å². The van der Waals surface area contributed by atoms with E-state index in [4.69, 9.17) is 15.0 Å². The molecule has 3 aliphatic rings. The van der Waals surface area contributed by atoms with Crippen LogP contribution in [-0.4, -0.2) is 79.3 Å². The lowest BCUT2D eigenvalue weighted by molar-refractivity contribution is -0.382. The molecule has 3 aromatic carbocycles. The Kier molecular flexibility index (Phi) is 9.24. The van der Waals surface area contributed by atoms with Crippen molar-refractivity contribution < 1.29 is 14.8 Å². The molecule has 4 N–H and O–H groups in total. The van der Waals surface area contributed by atoms with Gasteiger partial charge in [0.2, 0.25) is 0 Å². The Hall–Kier alpha value is -6.68. The van der Waals surface area contributed by atoms with Gasteiger partial charge in [0, 0.05) is 48.4 Å². The number of aromatic nitrogens is 9. The van der Waals surface area contributed by atoms with Crippen LogP contribution in [0.1, 0.15) is 93.1 Å². The number of rotatable bonds is 9. The van der Waals surface area contributed by atoms with E-state index in [0.29, 0.717) is 58.5 Å². The topological polar surface area (TPSA) is 202 Å². The second-order valence-electron chi connectivity index (χ2n) is 17.0. The number of carbonyl (C=O) groups is 1. The standard InChI is InChI=1S/C45H46N12O4/c58-44(53-45(59)32-20-46-38(41-40(32)48-22-49-41)27-12-14-36-34(18-27)52-25-56(36)30-9-5-2-6-10-30)28-15-16-54(21-28)37-19-31(39-42(50-23-47-39)43(37)57(60)61)26-11-13-35-33(17-26)51-24-55(35)29-7-3-1-4-8-29/h11-14,17-20,22-25,28-30,44,58H,1-10,15-16,21H2,(H,47,50)(H,48,49)(H,53,59)/t28-,44?/m0/s1. The summed E-state index contributed by atoms with van der Waals surface area (Å²) in [6, 6.07) is 15.0. The average molecular weight is 819 g/mol. The lowest BCUT2D eigenvalue weighted by Gasteiger charge is -2.23. The van der Waals surface area contributed by atoms with Gasteiger partial charge in [-0.15, -0.1) is 0 Å². The number of benzene rings is 3. The summed E-state index contributed by atoms with van der Waals surface area (Å²) < 4.78 is 4.58. The van der Waals surface area contributed by atoms with Gasteiger partial charge in [0.1, 0.15) is 28.5 Å². The number of nitro benzene ring substituents is 1. The number of hydrogen-bond acceptors (Lipinski definition) is 10. The summed E-state index contributed by atoms with van der Waals surface area (Å²) in [4.78, 5) is 57.4. The fourth-order valence-corrected chi connectivity index (χ4v) is 10.3. The number of nitro groups is 1. The molecule has 6 heterocycles. The third kappa shape index (κ3) is 6.47. The molecule has 2 aliphatic carbocycles. The van der Waals surface area contributed by atoms with Gasteiger partial charge in [0.15, 0.2) is 0 Å². The molecule has 1 amide bonds. The molecule has 2 atom stereocenters. The number of aliphatic hydroxyl groups excluding tert-OH is 1. The van der Waals surface area contributed by atoms with E-state index in [1.54, 1.807) is 0 Å². The van der Waals surface area contributed by atoms with Crippen LogP contribution < -0.4 is 10.2 Å². The first-order valence-electron chi connectivity index (χ1n) is 21.5. The van der Waals surface area contributed by atoms with E-state index in [1.807, 2.05) is 47.9 Å². The number of nitrogens with one attached hydrogen (secondary N) is 3. The summed E-state index contributed by atoms with van der Waals surface area (Å²) in [5.41, 5.74) is 9.44. The van der Waals surface area contributed by atoms with Crippen molar-refractivity contribution in [2.24, 2.45) is 5.92 Å². The van der Waals surface area contributed by atoms with Gasteiger partial charge < -0.3 is 34.4 Å². The monoisotopic (exact) mass is 818 g/mol. The molecule has 8 aromatic rings. The van der Waals surface area contributed by atoms with Crippen molar-refractivity contribution in [3.05, 3.63) is 89.6 Å². The first kappa shape index (κ1) is 37.3. The van der Waals surface area contributed by atoms with Crippen LogP contribution in [0.2, 0.25) is 0 Å². The van der Waals surface area contributed by atoms with E-state index in [9.17, 15) is 20.0 Å². The zero-order chi connectivity index (χ0) is 41.2. The lowest BCUT2D eigenvalue weighted by Crippen LogP contribution is -2.41.